The molecule has 1 aromatic carbocycles. The topological polar surface area (TPSA) is 47.3 Å². The van der Waals surface area contributed by atoms with Gasteiger partial charge in [0.2, 0.25) is 0 Å². The van der Waals surface area contributed by atoms with Gasteiger partial charge in [0, 0.05) is 24.3 Å². The number of aliphatic hydroxyl groups is 1. The maximum Gasteiger partial charge on any atom is 0.0874 e. The first-order valence-corrected chi connectivity index (χ1v) is 6.65. The molecule has 19 heavy (non-hydrogen) atoms. The van der Waals surface area contributed by atoms with Gasteiger partial charge in [0.25, 0.3) is 0 Å². The fraction of sp³-hybridized carbons (Fsp3) is 0.400. The average Bonchev–Trinajstić information content (AvgIpc) is 3.08. The summed E-state index contributed by atoms with van der Waals surface area (Å²) < 4.78 is 7.30. The van der Waals surface area contributed by atoms with E-state index in [9.17, 15) is 5.11 Å². The molecule has 0 radical (unpaired) electrons. The van der Waals surface area contributed by atoms with E-state index in [0.717, 1.165) is 24.3 Å². The van der Waals surface area contributed by atoms with E-state index >= 15 is 0 Å². The number of rotatable bonds is 3. The molecule has 0 saturated carbocycles. The second-order valence-electron chi connectivity index (χ2n) is 5.03. The zero-order valence-electron chi connectivity index (χ0n) is 10.9. The van der Waals surface area contributed by atoms with Gasteiger partial charge in [-0.25, -0.2) is 4.68 Å². The minimum absolute atomic E-state index is 0.107. The fourth-order valence-corrected chi connectivity index (χ4v) is 2.62. The number of para-hydroxylation sites is 1. The maximum absolute atomic E-state index is 10.4. The summed E-state index contributed by atoms with van der Waals surface area (Å²) in [6.45, 7) is 2.75. The summed E-state index contributed by atoms with van der Waals surface area (Å²) in [5.41, 5.74) is 1.85. The van der Waals surface area contributed by atoms with Crippen molar-refractivity contribution >= 4 is 0 Å². The van der Waals surface area contributed by atoms with Crippen molar-refractivity contribution in [2.45, 2.75) is 25.6 Å². The Bertz CT molecular complexity index is 538. The standard InChI is InChI=1S/C15H18N2O2/c1-11-14(7-8-19-11)15(18)12-9-16-17(10-12)13-5-3-2-4-6-13/h2-6,9-11,14-15,18H,7-8H2,1H3. The zero-order valence-corrected chi connectivity index (χ0v) is 10.9. The SMILES string of the molecule is CC1OCCC1C(O)c1cnn(-c2ccccc2)c1. The van der Waals surface area contributed by atoms with Crippen molar-refractivity contribution in [3.63, 3.8) is 0 Å². The quantitative estimate of drug-likeness (QED) is 0.919. The molecule has 3 unspecified atom stereocenters. The van der Waals surface area contributed by atoms with Gasteiger partial charge in [-0.15, -0.1) is 0 Å². The third-order valence-electron chi connectivity index (χ3n) is 3.81. The van der Waals surface area contributed by atoms with Gasteiger partial charge in [-0.2, -0.15) is 5.10 Å². The number of hydrogen-bond acceptors (Lipinski definition) is 3. The molecular formula is C15H18N2O2. The molecule has 1 aliphatic rings. The highest BCUT2D eigenvalue weighted by atomic mass is 16.5. The van der Waals surface area contributed by atoms with E-state index in [2.05, 4.69) is 5.10 Å². The molecule has 0 spiro atoms. The van der Waals surface area contributed by atoms with Crippen LogP contribution in [-0.4, -0.2) is 27.6 Å². The molecule has 2 aromatic rings. The monoisotopic (exact) mass is 258 g/mol. The van der Waals surface area contributed by atoms with E-state index < -0.39 is 6.10 Å². The van der Waals surface area contributed by atoms with Gasteiger partial charge in [-0.1, -0.05) is 18.2 Å². The number of hydrogen-bond donors (Lipinski definition) is 1. The first-order valence-electron chi connectivity index (χ1n) is 6.65. The van der Waals surface area contributed by atoms with Crippen molar-refractivity contribution in [3.05, 3.63) is 48.3 Å². The highest BCUT2D eigenvalue weighted by molar-refractivity contribution is 5.31. The Balaban J connectivity index is 1.81. The van der Waals surface area contributed by atoms with Crippen LogP contribution in [0.1, 0.15) is 25.0 Å². The van der Waals surface area contributed by atoms with Gasteiger partial charge >= 0.3 is 0 Å². The molecule has 100 valence electrons. The lowest BCUT2D eigenvalue weighted by Crippen LogP contribution is -2.19. The van der Waals surface area contributed by atoms with Crippen LogP contribution in [-0.2, 0) is 4.74 Å². The third-order valence-corrected chi connectivity index (χ3v) is 3.81. The number of benzene rings is 1. The highest BCUT2D eigenvalue weighted by Crippen LogP contribution is 2.33. The molecule has 3 atom stereocenters. The Morgan fingerprint density at radius 3 is 2.84 bits per heavy atom. The molecule has 4 heteroatoms. The number of nitrogens with zero attached hydrogens (tertiary/aromatic N) is 2. The van der Waals surface area contributed by atoms with Gasteiger partial charge in [0.05, 0.1) is 24.1 Å². The summed E-state index contributed by atoms with van der Waals surface area (Å²) >= 11 is 0. The molecule has 0 amide bonds. The second-order valence-corrected chi connectivity index (χ2v) is 5.03. The van der Waals surface area contributed by atoms with Crippen LogP contribution in [0.3, 0.4) is 0 Å². The maximum atomic E-state index is 10.4. The van der Waals surface area contributed by atoms with Crippen LogP contribution in [0, 0.1) is 5.92 Å². The second kappa shape index (κ2) is 5.15. The smallest absolute Gasteiger partial charge is 0.0874 e. The van der Waals surface area contributed by atoms with Crippen LogP contribution in [0.25, 0.3) is 5.69 Å². The highest BCUT2D eigenvalue weighted by Gasteiger charge is 2.32. The predicted molar refractivity (Wildman–Crippen MR) is 72.0 cm³/mol. The molecule has 1 aliphatic heterocycles. The summed E-state index contributed by atoms with van der Waals surface area (Å²) in [5.74, 6) is 0.161. The molecule has 0 bridgehead atoms. The molecule has 1 N–H and O–H groups in total. The largest absolute Gasteiger partial charge is 0.388 e. The van der Waals surface area contributed by atoms with E-state index in [1.54, 1.807) is 10.9 Å². The number of ether oxygens (including phenoxy) is 1. The predicted octanol–water partition coefficient (Wildman–Crippen LogP) is 2.33. The van der Waals surface area contributed by atoms with Gasteiger partial charge in [0.15, 0.2) is 0 Å². The molecule has 2 heterocycles. The molecule has 3 rings (SSSR count). The van der Waals surface area contributed by atoms with Crippen molar-refractivity contribution in [1.29, 1.82) is 0 Å². The summed E-state index contributed by atoms with van der Waals surface area (Å²) in [7, 11) is 0. The first-order chi connectivity index (χ1) is 9.25. The lowest BCUT2D eigenvalue weighted by Gasteiger charge is -2.19. The van der Waals surface area contributed by atoms with Crippen molar-refractivity contribution < 1.29 is 9.84 Å². The molecule has 4 nitrogen and oxygen atoms in total. The lowest BCUT2D eigenvalue weighted by molar-refractivity contribution is 0.0431. The first kappa shape index (κ1) is 12.4. The third kappa shape index (κ3) is 2.41. The lowest BCUT2D eigenvalue weighted by atomic mass is 9.92. The Morgan fingerprint density at radius 1 is 1.37 bits per heavy atom. The van der Waals surface area contributed by atoms with E-state index in [4.69, 9.17) is 4.74 Å². The van der Waals surface area contributed by atoms with Gasteiger partial charge in [-0.3, -0.25) is 0 Å². The van der Waals surface area contributed by atoms with E-state index in [1.165, 1.54) is 0 Å². The van der Waals surface area contributed by atoms with Crippen LogP contribution in [0.5, 0.6) is 0 Å². The van der Waals surface area contributed by atoms with Crippen LogP contribution in [0.2, 0.25) is 0 Å². The summed E-state index contributed by atoms with van der Waals surface area (Å²) in [5, 5.41) is 14.7. The van der Waals surface area contributed by atoms with E-state index in [1.807, 2.05) is 43.5 Å². The summed E-state index contributed by atoms with van der Waals surface area (Å²) in [4.78, 5) is 0. The molecule has 0 aliphatic carbocycles. The summed E-state index contributed by atoms with van der Waals surface area (Å²) in [6, 6.07) is 9.90. The van der Waals surface area contributed by atoms with Crippen LogP contribution >= 0.6 is 0 Å². The fourth-order valence-electron chi connectivity index (χ4n) is 2.62. The van der Waals surface area contributed by atoms with Crippen molar-refractivity contribution in [3.8, 4) is 5.69 Å². The Kier molecular flexibility index (Phi) is 3.36. The number of aromatic nitrogens is 2. The van der Waals surface area contributed by atoms with Crippen LogP contribution in [0.4, 0.5) is 0 Å². The van der Waals surface area contributed by atoms with Crippen LogP contribution in [0.15, 0.2) is 42.7 Å². The minimum atomic E-state index is -0.505. The molecule has 1 fully saturated rings. The molecular weight excluding hydrogens is 240 g/mol. The average molecular weight is 258 g/mol. The zero-order chi connectivity index (χ0) is 13.2. The van der Waals surface area contributed by atoms with Gasteiger partial charge in [0.1, 0.15) is 0 Å². The van der Waals surface area contributed by atoms with Crippen molar-refractivity contribution in [2.75, 3.05) is 6.61 Å². The number of aliphatic hydroxyl groups excluding tert-OH is 1. The van der Waals surface area contributed by atoms with E-state index in [-0.39, 0.29) is 12.0 Å². The van der Waals surface area contributed by atoms with Crippen molar-refractivity contribution in [1.82, 2.24) is 9.78 Å². The van der Waals surface area contributed by atoms with Gasteiger partial charge < -0.3 is 9.84 Å². The molecule has 1 aromatic heterocycles. The normalized spacial score (nSPS) is 24.5. The Morgan fingerprint density at radius 2 is 2.16 bits per heavy atom. The Hall–Kier alpha value is -1.65. The molecule has 1 saturated heterocycles. The summed E-state index contributed by atoms with van der Waals surface area (Å²) in [6.07, 6.45) is 4.14. The minimum Gasteiger partial charge on any atom is -0.388 e. The van der Waals surface area contributed by atoms with E-state index in [0.29, 0.717) is 0 Å². The Labute approximate surface area is 112 Å². The van der Waals surface area contributed by atoms with Crippen LogP contribution < -0.4 is 0 Å². The van der Waals surface area contributed by atoms with Gasteiger partial charge in [-0.05, 0) is 25.5 Å². The van der Waals surface area contributed by atoms with Crippen molar-refractivity contribution in [2.24, 2.45) is 5.92 Å².